The summed E-state index contributed by atoms with van der Waals surface area (Å²) in [5.74, 6) is -1.81. The van der Waals surface area contributed by atoms with Crippen molar-refractivity contribution in [3.05, 3.63) is 59.7 Å². The maximum Gasteiger partial charge on any atom is 0.573 e. The van der Waals surface area contributed by atoms with Crippen LogP contribution in [0.3, 0.4) is 0 Å². The number of hydrogen-bond acceptors (Lipinski definition) is 4. The first-order chi connectivity index (χ1) is 12.3. The van der Waals surface area contributed by atoms with Crippen LogP contribution in [0.2, 0.25) is 0 Å². The Morgan fingerprint density at radius 3 is 2.42 bits per heavy atom. The number of benzene rings is 2. The topological polar surface area (TPSA) is 70.4 Å². The van der Waals surface area contributed by atoms with Gasteiger partial charge in [-0.25, -0.2) is 0 Å². The quantitative estimate of drug-likeness (QED) is 0.786. The molecule has 1 aliphatic heterocycles. The van der Waals surface area contributed by atoms with Gasteiger partial charge in [0.05, 0.1) is 17.7 Å². The first kappa shape index (κ1) is 17.5. The van der Waals surface area contributed by atoms with Crippen molar-refractivity contribution in [3.63, 3.8) is 0 Å². The SMILES string of the molecule is N#Cc1ccc(N2C(=O)C(=O)C[C@@H]2c2cccc(OC(F)(F)F)c2)cc1. The summed E-state index contributed by atoms with van der Waals surface area (Å²) in [6, 6.07) is 12.4. The first-order valence-corrected chi connectivity index (χ1v) is 7.51. The van der Waals surface area contributed by atoms with Gasteiger partial charge in [0, 0.05) is 12.1 Å². The highest BCUT2D eigenvalue weighted by atomic mass is 19.4. The van der Waals surface area contributed by atoms with Gasteiger partial charge in [0.25, 0.3) is 5.91 Å². The van der Waals surface area contributed by atoms with E-state index >= 15 is 0 Å². The second-order valence-electron chi connectivity index (χ2n) is 5.60. The molecule has 0 spiro atoms. The van der Waals surface area contributed by atoms with Crippen molar-refractivity contribution in [1.29, 1.82) is 5.26 Å². The Hall–Kier alpha value is -3.34. The number of halogens is 3. The molecular weight excluding hydrogens is 349 g/mol. The van der Waals surface area contributed by atoms with Crippen LogP contribution in [-0.4, -0.2) is 18.1 Å². The molecule has 132 valence electrons. The fraction of sp³-hybridized carbons (Fsp3) is 0.167. The average molecular weight is 360 g/mol. The number of nitriles is 1. The molecule has 0 N–H and O–H groups in total. The van der Waals surface area contributed by atoms with E-state index in [1.165, 1.54) is 41.3 Å². The maximum absolute atomic E-state index is 12.4. The van der Waals surface area contributed by atoms with Crippen molar-refractivity contribution in [2.45, 2.75) is 18.8 Å². The number of hydrogen-bond donors (Lipinski definition) is 0. The number of carbonyl (C=O) groups excluding carboxylic acids is 2. The van der Waals surface area contributed by atoms with Crippen molar-refractivity contribution < 1.29 is 27.5 Å². The second-order valence-corrected chi connectivity index (χ2v) is 5.60. The highest BCUT2D eigenvalue weighted by Crippen LogP contribution is 2.37. The van der Waals surface area contributed by atoms with Gasteiger partial charge in [-0.05, 0) is 42.0 Å². The van der Waals surface area contributed by atoms with Gasteiger partial charge in [0.15, 0.2) is 0 Å². The summed E-state index contributed by atoms with van der Waals surface area (Å²) in [6.07, 6.45) is -5.00. The summed E-state index contributed by atoms with van der Waals surface area (Å²) in [4.78, 5) is 25.4. The van der Waals surface area contributed by atoms with Gasteiger partial charge in [0.2, 0.25) is 5.78 Å². The van der Waals surface area contributed by atoms with Crippen molar-refractivity contribution in [1.82, 2.24) is 0 Å². The lowest BCUT2D eigenvalue weighted by Crippen LogP contribution is -2.29. The largest absolute Gasteiger partial charge is 0.573 e. The van der Waals surface area contributed by atoms with Crippen molar-refractivity contribution in [2.24, 2.45) is 0 Å². The zero-order chi connectivity index (χ0) is 18.9. The van der Waals surface area contributed by atoms with Crippen LogP contribution in [0.5, 0.6) is 5.75 Å². The van der Waals surface area contributed by atoms with Crippen LogP contribution in [0.1, 0.15) is 23.6 Å². The molecule has 1 aliphatic rings. The van der Waals surface area contributed by atoms with Gasteiger partial charge in [-0.3, -0.25) is 14.5 Å². The molecular formula is C18H11F3N2O3. The van der Waals surface area contributed by atoms with Crippen LogP contribution in [0.15, 0.2) is 48.5 Å². The number of anilines is 1. The van der Waals surface area contributed by atoms with E-state index in [4.69, 9.17) is 5.26 Å². The van der Waals surface area contributed by atoms with Gasteiger partial charge < -0.3 is 4.74 Å². The molecule has 1 fully saturated rings. The Balaban J connectivity index is 1.97. The van der Waals surface area contributed by atoms with Gasteiger partial charge in [0.1, 0.15) is 5.75 Å². The van der Waals surface area contributed by atoms with Gasteiger partial charge in [-0.2, -0.15) is 5.26 Å². The number of alkyl halides is 3. The van der Waals surface area contributed by atoms with E-state index in [0.717, 1.165) is 12.1 Å². The number of ether oxygens (including phenoxy) is 1. The molecule has 8 heteroatoms. The predicted octanol–water partition coefficient (Wildman–Crippen LogP) is 3.50. The van der Waals surface area contributed by atoms with Crippen LogP contribution in [0.4, 0.5) is 18.9 Å². The molecule has 0 unspecified atom stereocenters. The molecule has 26 heavy (non-hydrogen) atoms. The van der Waals surface area contributed by atoms with E-state index in [0.29, 0.717) is 16.8 Å². The molecule has 0 aliphatic carbocycles. The van der Waals surface area contributed by atoms with Crippen molar-refractivity contribution in [2.75, 3.05) is 4.90 Å². The standard InChI is InChI=1S/C18H11F3N2O3/c19-18(20,21)26-14-3-1-2-12(8-14)15-9-16(24)17(25)23(15)13-6-4-11(10-22)5-7-13/h1-8,15H,9H2/t15-/m1/s1. The minimum Gasteiger partial charge on any atom is -0.406 e. The molecule has 1 amide bonds. The van der Waals surface area contributed by atoms with Gasteiger partial charge in [-0.15, -0.1) is 13.2 Å². The third-order valence-electron chi connectivity index (χ3n) is 3.90. The molecule has 0 aromatic heterocycles. The van der Waals surface area contributed by atoms with E-state index < -0.39 is 29.8 Å². The summed E-state index contributed by atoms with van der Waals surface area (Å²) in [5, 5.41) is 8.85. The summed E-state index contributed by atoms with van der Waals surface area (Å²) >= 11 is 0. The molecule has 2 aromatic carbocycles. The molecule has 0 saturated carbocycles. The average Bonchev–Trinajstić information content (AvgIpc) is 2.89. The van der Waals surface area contributed by atoms with Crippen LogP contribution < -0.4 is 9.64 Å². The molecule has 3 rings (SSSR count). The number of nitrogens with zero attached hydrogens (tertiary/aromatic N) is 2. The Morgan fingerprint density at radius 1 is 1.12 bits per heavy atom. The molecule has 1 heterocycles. The summed E-state index contributed by atoms with van der Waals surface area (Å²) in [7, 11) is 0. The third-order valence-corrected chi connectivity index (χ3v) is 3.90. The number of amides is 1. The third kappa shape index (κ3) is 3.52. The van der Waals surface area contributed by atoms with E-state index in [1.807, 2.05) is 6.07 Å². The van der Waals surface area contributed by atoms with E-state index in [1.54, 1.807) is 0 Å². The maximum atomic E-state index is 12.4. The fourth-order valence-corrected chi connectivity index (χ4v) is 2.81. The Labute approximate surface area is 146 Å². The van der Waals surface area contributed by atoms with Crippen molar-refractivity contribution >= 4 is 17.4 Å². The lowest BCUT2D eigenvalue weighted by Gasteiger charge is -2.24. The van der Waals surface area contributed by atoms with Crippen LogP contribution in [0, 0.1) is 11.3 Å². The highest BCUT2D eigenvalue weighted by Gasteiger charge is 2.40. The first-order valence-electron chi connectivity index (χ1n) is 7.51. The smallest absolute Gasteiger partial charge is 0.406 e. The number of Topliss-reactive ketones (excluding diaryl/α,β-unsaturated/α-hetero) is 1. The zero-order valence-electron chi connectivity index (χ0n) is 13.2. The molecule has 1 atom stereocenters. The second kappa shape index (κ2) is 6.52. The Morgan fingerprint density at radius 2 is 1.81 bits per heavy atom. The van der Waals surface area contributed by atoms with Crippen LogP contribution >= 0.6 is 0 Å². The van der Waals surface area contributed by atoms with Crippen LogP contribution in [0.25, 0.3) is 0 Å². The summed E-state index contributed by atoms with van der Waals surface area (Å²) < 4.78 is 41.2. The normalized spacial score (nSPS) is 17.3. The predicted molar refractivity (Wildman–Crippen MR) is 84.1 cm³/mol. The van der Waals surface area contributed by atoms with Crippen molar-refractivity contribution in [3.8, 4) is 11.8 Å². The van der Waals surface area contributed by atoms with E-state index in [2.05, 4.69) is 4.74 Å². The number of ketones is 1. The number of carbonyl (C=O) groups is 2. The highest BCUT2D eigenvalue weighted by molar-refractivity contribution is 6.44. The van der Waals surface area contributed by atoms with Gasteiger partial charge in [-0.1, -0.05) is 12.1 Å². The molecule has 1 saturated heterocycles. The monoisotopic (exact) mass is 360 g/mol. The Bertz CT molecular complexity index is 901. The lowest BCUT2D eigenvalue weighted by atomic mass is 10.0. The minimum absolute atomic E-state index is 0.158. The lowest BCUT2D eigenvalue weighted by molar-refractivity contribution is -0.274. The van der Waals surface area contributed by atoms with Gasteiger partial charge >= 0.3 is 6.36 Å². The number of rotatable bonds is 3. The van der Waals surface area contributed by atoms with E-state index in [-0.39, 0.29) is 6.42 Å². The molecule has 0 radical (unpaired) electrons. The Kier molecular flexibility index (Phi) is 4.38. The zero-order valence-corrected chi connectivity index (χ0v) is 13.2. The molecule has 0 bridgehead atoms. The summed E-state index contributed by atoms with van der Waals surface area (Å²) in [5.41, 5.74) is 1.10. The van der Waals surface area contributed by atoms with Crippen LogP contribution in [-0.2, 0) is 9.59 Å². The fourth-order valence-electron chi connectivity index (χ4n) is 2.81. The summed E-state index contributed by atoms with van der Waals surface area (Å²) in [6.45, 7) is 0. The van der Waals surface area contributed by atoms with E-state index in [9.17, 15) is 22.8 Å². The minimum atomic E-state index is -4.84. The molecule has 5 nitrogen and oxygen atoms in total. The molecule has 2 aromatic rings.